The Morgan fingerprint density at radius 2 is 1.69 bits per heavy atom. The van der Waals surface area contributed by atoms with Gasteiger partial charge in [0.15, 0.2) is 23.0 Å². The Morgan fingerprint density at radius 3 is 2.38 bits per heavy atom. The smallest absolute Gasteiger partial charge is 0.253 e. The van der Waals surface area contributed by atoms with Gasteiger partial charge in [0.2, 0.25) is 16.8 Å². The minimum absolute atomic E-state index is 0.113. The summed E-state index contributed by atoms with van der Waals surface area (Å²) in [6.45, 7) is 0.354. The molecule has 1 N–H and O–H groups in total. The fourth-order valence-corrected chi connectivity index (χ4v) is 5.45. The molecule has 10 heteroatoms. The van der Waals surface area contributed by atoms with Crippen molar-refractivity contribution in [1.29, 1.82) is 0 Å². The van der Waals surface area contributed by atoms with Gasteiger partial charge in [-0.05, 0) is 41.8 Å². The van der Waals surface area contributed by atoms with Crippen LogP contribution in [-0.4, -0.2) is 51.5 Å². The van der Waals surface area contributed by atoms with Crippen LogP contribution >= 0.6 is 0 Å². The molecule has 0 fully saturated rings. The Morgan fingerprint density at radius 1 is 1.00 bits per heavy atom. The summed E-state index contributed by atoms with van der Waals surface area (Å²) < 4.78 is 48.5. The molecular weight excluding hydrogens is 436 g/mol. The molecule has 3 heterocycles. The topological polar surface area (TPSA) is 107 Å². The lowest BCUT2D eigenvalue weighted by Gasteiger charge is -2.36. The fourth-order valence-electron chi connectivity index (χ4n) is 4.42. The van der Waals surface area contributed by atoms with E-state index in [1.165, 1.54) is 11.4 Å². The highest BCUT2D eigenvalue weighted by molar-refractivity contribution is 7.88. The summed E-state index contributed by atoms with van der Waals surface area (Å²) in [5, 5.41) is 0.713. The molecule has 0 spiro atoms. The average molecular weight is 458 g/mol. The van der Waals surface area contributed by atoms with Crippen LogP contribution in [0.5, 0.6) is 23.0 Å². The third-order valence-corrected chi connectivity index (χ3v) is 7.16. The van der Waals surface area contributed by atoms with Crippen LogP contribution in [0.1, 0.15) is 22.7 Å². The van der Waals surface area contributed by atoms with Crippen molar-refractivity contribution < 1.29 is 27.4 Å². The Kier molecular flexibility index (Phi) is 4.79. The van der Waals surface area contributed by atoms with Gasteiger partial charge in [-0.1, -0.05) is 0 Å². The molecule has 9 nitrogen and oxygen atoms in total. The minimum atomic E-state index is -3.62. The Hall–Kier alpha value is -3.24. The number of aromatic amines is 1. The molecule has 2 aliphatic heterocycles. The summed E-state index contributed by atoms with van der Waals surface area (Å²) in [6.07, 6.45) is 1.64. The van der Waals surface area contributed by atoms with Gasteiger partial charge in [-0.3, -0.25) is 4.79 Å². The lowest BCUT2D eigenvalue weighted by atomic mass is 9.89. The molecule has 0 radical (unpaired) electrons. The predicted molar refractivity (Wildman–Crippen MR) is 117 cm³/mol. The first kappa shape index (κ1) is 20.7. The van der Waals surface area contributed by atoms with Gasteiger partial charge in [0.25, 0.3) is 5.56 Å². The maximum Gasteiger partial charge on any atom is 0.253 e. The summed E-state index contributed by atoms with van der Waals surface area (Å²) >= 11 is 0. The molecule has 3 aromatic rings. The predicted octanol–water partition coefficient (Wildman–Crippen LogP) is 2.18. The van der Waals surface area contributed by atoms with Crippen LogP contribution in [0.15, 0.2) is 35.1 Å². The van der Waals surface area contributed by atoms with Gasteiger partial charge >= 0.3 is 0 Å². The maximum atomic E-state index is 13.2. The van der Waals surface area contributed by atoms with E-state index in [0.29, 0.717) is 51.4 Å². The van der Waals surface area contributed by atoms with Crippen LogP contribution in [-0.2, 0) is 16.4 Å². The highest BCUT2D eigenvalue weighted by Crippen LogP contribution is 2.42. The van der Waals surface area contributed by atoms with E-state index in [-0.39, 0.29) is 18.9 Å². The standard InChI is InChI=1S/C22H22N2O7S/c1-28-17-7-12-4-5-24(32(3,26)27)21(14(12)9-18(17)29-2)15-6-13-8-19-20(31-11-30-19)10-16(13)23-22(15)25/h6-10,21H,4-5,11H2,1-3H3,(H,23,25). The monoisotopic (exact) mass is 458 g/mol. The van der Waals surface area contributed by atoms with E-state index in [9.17, 15) is 13.2 Å². The Labute approximate surface area is 184 Å². The maximum absolute atomic E-state index is 13.2. The molecular formula is C22H22N2O7S. The number of rotatable bonds is 4. The average Bonchev–Trinajstić information content (AvgIpc) is 3.22. The van der Waals surface area contributed by atoms with Gasteiger partial charge in [0, 0.05) is 23.6 Å². The second-order valence-electron chi connectivity index (χ2n) is 7.78. The van der Waals surface area contributed by atoms with Gasteiger partial charge in [0.1, 0.15) is 0 Å². The second kappa shape index (κ2) is 7.42. The number of nitrogens with zero attached hydrogens (tertiary/aromatic N) is 1. The molecule has 1 aromatic heterocycles. The van der Waals surface area contributed by atoms with Gasteiger partial charge in [-0.2, -0.15) is 4.31 Å². The first-order valence-corrected chi connectivity index (χ1v) is 11.8. The Balaban J connectivity index is 1.76. The lowest BCUT2D eigenvalue weighted by molar-refractivity contribution is 0.174. The van der Waals surface area contributed by atoms with Crippen molar-refractivity contribution in [1.82, 2.24) is 9.29 Å². The lowest BCUT2D eigenvalue weighted by Crippen LogP contribution is -2.42. The van der Waals surface area contributed by atoms with Crippen LogP contribution in [0.2, 0.25) is 0 Å². The fraction of sp³-hybridized carbons (Fsp3) is 0.318. The van der Waals surface area contributed by atoms with E-state index < -0.39 is 16.1 Å². The van der Waals surface area contributed by atoms with Gasteiger partial charge < -0.3 is 23.9 Å². The molecule has 1 unspecified atom stereocenters. The zero-order valence-electron chi connectivity index (χ0n) is 17.8. The highest BCUT2D eigenvalue weighted by atomic mass is 32.2. The summed E-state index contributed by atoms with van der Waals surface area (Å²) in [5.41, 5.74) is 2.10. The van der Waals surface area contributed by atoms with Crippen LogP contribution in [0.3, 0.4) is 0 Å². The molecule has 0 bridgehead atoms. The third kappa shape index (κ3) is 3.26. The normalized spacial score (nSPS) is 17.9. The summed E-state index contributed by atoms with van der Waals surface area (Å²) in [4.78, 5) is 16.1. The zero-order chi connectivity index (χ0) is 22.6. The number of aromatic nitrogens is 1. The van der Waals surface area contributed by atoms with Crippen LogP contribution in [0.25, 0.3) is 10.9 Å². The van der Waals surface area contributed by atoms with Crippen molar-refractivity contribution in [3.63, 3.8) is 0 Å². The highest BCUT2D eigenvalue weighted by Gasteiger charge is 2.37. The molecule has 0 saturated heterocycles. The van der Waals surface area contributed by atoms with Crippen molar-refractivity contribution >= 4 is 20.9 Å². The van der Waals surface area contributed by atoms with E-state index in [0.717, 1.165) is 11.8 Å². The van der Waals surface area contributed by atoms with Gasteiger partial charge in [-0.15, -0.1) is 0 Å². The van der Waals surface area contributed by atoms with Gasteiger partial charge in [-0.25, -0.2) is 8.42 Å². The van der Waals surface area contributed by atoms with Crippen molar-refractivity contribution in [3.8, 4) is 23.0 Å². The van der Waals surface area contributed by atoms with Crippen molar-refractivity contribution in [2.75, 3.05) is 33.8 Å². The largest absolute Gasteiger partial charge is 0.493 e. The van der Waals surface area contributed by atoms with Gasteiger partial charge in [0.05, 0.1) is 32.0 Å². The molecule has 5 rings (SSSR count). The molecule has 2 aliphatic rings. The van der Waals surface area contributed by atoms with Crippen molar-refractivity contribution in [2.45, 2.75) is 12.5 Å². The number of sulfonamides is 1. The molecule has 32 heavy (non-hydrogen) atoms. The number of pyridine rings is 1. The number of ether oxygens (including phenoxy) is 4. The number of hydrogen-bond donors (Lipinski definition) is 1. The SMILES string of the molecule is COc1cc2c(cc1OC)C(c1cc3cc4c(cc3[nH]c1=O)OCO4)N(S(C)(=O)=O)CC2. The number of hydrogen-bond acceptors (Lipinski definition) is 7. The molecule has 0 saturated carbocycles. The van der Waals surface area contributed by atoms with E-state index in [1.807, 2.05) is 6.07 Å². The van der Waals surface area contributed by atoms with Crippen molar-refractivity contribution in [3.05, 3.63) is 57.4 Å². The second-order valence-corrected chi connectivity index (χ2v) is 9.71. The quantitative estimate of drug-likeness (QED) is 0.639. The summed E-state index contributed by atoms with van der Waals surface area (Å²) in [6, 6.07) is 7.98. The van der Waals surface area contributed by atoms with Crippen molar-refractivity contribution in [2.24, 2.45) is 0 Å². The van der Waals surface area contributed by atoms with E-state index in [2.05, 4.69) is 4.98 Å². The third-order valence-electron chi connectivity index (χ3n) is 5.92. The molecule has 0 amide bonds. The minimum Gasteiger partial charge on any atom is -0.493 e. The molecule has 0 aliphatic carbocycles. The summed E-state index contributed by atoms with van der Waals surface area (Å²) in [7, 11) is -0.554. The van der Waals surface area contributed by atoms with E-state index in [1.54, 1.807) is 31.4 Å². The molecule has 168 valence electrons. The first-order chi connectivity index (χ1) is 15.3. The number of H-pyrrole nitrogens is 1. The van der Waals surface area contributed by atoms with E-state index in [4.69, 9.17) is 18.9 Å². The number of nitrogens with one attached hydrogen (secondary N) is 1. The van der Waals surface area contributed by atoms with Crippen LogP contribution in [0, 0.1) is 0 Å². The van der Waals surface area contributed by atoms with Crippen LogP contribution < -0.4 is 24.5 Å². The van der Waals surface area contributed by atoms with E-state index >= 15 is 0 Å². The Bertz CT molecular complexity index is 1400. The number of fused-ring (bicyclic) bond motifs is 3. The van der Waals surface area contributed by atoms with Crippen LogP contribution in [0.4, 0.5) is 0 Å². The zero-order valence-corrected chi connectivity index (χ0v) is 18.6. The molecule has 2 aromatic carbocycles. The summed E-state index contributed by atoms with van der Waals surface area (Å²) in [5.74, 6) is 2.15. The number of benzene rings is 2. The first-order valence-electron chi connectivity index (χ1n) is 9.98. The molecule has 1 atom stereocenters. The number of methoxy groups -OCH3 is 2.